The minimum atomic E-state index is -0.135. The predicted molar refractivity (Wildman–Crippen MR) is 323 cm³/mol. The van der Waals surface area contributed by atoms with Crippen molar-refractivity contribution in [3.63, 3.8) is 0 Å². The van der Waals surface area contributed by atoms with E-state index in [4.69, 9.17) is 11.6 Å². The zero-order valence-electron chi connectivity index (χ0n) is 45.4. The lowest BCUT2D eigenvalue weighted by Crippen LogP contribution is -2.25. The van der Waals surface area contributed by atoms with E-state index in [2.05, 4.69) is 286 Å². The molecule has 0 bridgehead atoms. The largest absolute Gasteiger partial charge is 0.347 e. The predicted octanol–water partition coefficient (Wildman–Crippen LogP) is 18.6. The second kappa shape index (κ2) is 19.1. The molecule has 8 aromatic rings. The zero-order valence-corrected chi connectivity index (χ0v) is 46.1. The topological polar surface area (TPSA) is 6.48 Å². The van der Waals surface area contributed by atoms with E-state index in [1.165, 1.54) is 111 Å². The molecular formula is C72H69ClN2. The van der Waals surface area contributed by atoms with Crippen LogP contribution in [0.25, 0.3) is 32.7 Å². The fourth-order valence-electron chi connectivity index (χ4n) is 13.8. The smallest absolute Gasteiger partial charge is 0.0449 e. The number of nitrogens with zero attached hydrogens (tertiary/aromatic N) is 2. The van der Waals surface area contributed by atoms with Crippen LogP contribution in [0.3, 0.4) is 0 Å². The van der Waals surface area contributed by atoms with Crippen LogP contribution in [0.15, 0.2) is 235 Å². The Labute approximate surface area is 451 Å². The molecule has 3 heteroatoms. The Bertz CT molecular complexity index is 3750. The molecule has 2 atom stereocenters. The minimum absolute atomic E-state index is 0.0265. The van der Waals surface area contributed by atoms with Crippen molar-refractivity contribution in [1.82, 2.24) is 0 Å². The third-order valence-electron chi connectivity index (χ3n) is 17.5. The summed E-state index contributed by atoms with van der Waals surface area (Å²) in [6.07, 6.45) is 15.8. The van der Waals surface area contributed by atoms with Crippen molar-refractivity contribution in [2.75, 3.05) is 23.9 Å². The fraction of sp³-hybridized carbons (Fsp3) is 0.222. The summed E-state index contributed by atoms with van der Waals surface area (Å²) in [7, 11) is 4.34. The Morgan fingerprint density at radius 2 is 0.853 bits per heavy atom. The van der Waals surface area contributed by atoms with E-state index in [1.54, 1.807) is 0 Å². The van der Waals surface area contributed by atoms with Gasteiger partial charge in [0.05, 0.1) is 0 Å². The van der Waals surface area contributed by atoms with Gasteiger partial charge in [0.25, 0.3) is 0 Å². The van der Waals surface area contributed by atoms with Gasteiger partial charge in [-0.2, -0.15) is 0 Å². The molecule has 4 aliphatic rings. The average molecular weight is 998 g/mol. The zero-order chi connectivity index (χ0) is 52.4. The second-order valence-electron chi connectivity index (χ2n) is 22.9. The molecule has 0 aromatic heterocycles. The summed E-state index contributed by atoms with van der Waals surface area (Å²) in [5.41, 5.74) is 21.3. The molecule has 0 spiro atoms. The summed E-state index contributed by atoms with van der Waals surface area (Å²) < 4.78 is 0. The molecule has 0 amide bonds. The van der Waals surface area contributed by atoms with E-state index >= 15 is 0 Å². The molecule has 2 unspecified atom stereocenters. The number of benzene rings is 8. The van der Waals surface area contributed by atoms with Gasteiger partial charge in [0, 0.05) is 63.5 Å². The molecule has 0 fully saturated rings. The molecule has 12 rings (SSSR count). The van der Waals surface area contributed by atoms with Gasteiger partial charge in [-0.05, 0) is 151 Å². The van der Waals surface area contributed by atoms with Crippen LogP contribution in [0, 0.1) is 0 Å². The Morgan fingerprint density at radius 1 is 0.440 bits per heavy atom. The van der Waals surface area contributed by atoms with Crippen molar-refractivity contribution in [1.29, 1.82) is 0 Å². The van der Waals surface area contributed by atoms with Crippen LogP contribution in [0.4, 0.5) is 11.4 Å². The third-order valence-corrected chi connectivity index (χ3v) is 17.8. The van der Waals surface area contributed by atoms with Crippen molar-refractivity contribution >= 4 is 55.7 Å². The summed E-state index contributed by atoms with van der Waals surface area (Å²) in [5, 5.41) is 6.12. The summed E-state index contributed by atoms with van der Waals surface area (Å²) >= 11 is 6.38. The number of halogens is 1. The van der Waals surface area contributed by atoms with Crippen molar-refractivity contribution in [2.45, 2.75) is 89.9 Å². The molecule has 2 aliphatic carbocycles. The fourth-order valence-corrected chi connectivity index (χ4v) is 14.0. The lowest BCUT2D eigenvalue weighted by molar-refractivity contribution is 0.582. The SMILES string of the molecule is CC1=C(/C=C/C=C2/N(C)c3ccc(Cl)cc3C2(C)C)C(C)(Cc2ccccc2)c2c1ccc1ccccc21.CC1=C(/C=C/C=C2/N(C)c3ccccc3C2(C)C)C(C)(Cc2ccccc2)c2c1ccc1ccccc21. The summed E-state index contributed by atoms with van der Waals surface area (Å²) in [5.74, 6) is 0. The molecule has 0 saturated carbocycles. The molecule has 2 heterocycles. The van der Waals surface area contributed by atoms with Gasteiger partial charge in [-0.3, -0.25) is 0 Å². The second-order valence-corrected chi connectivity index (χ2v) is 23.3. The number of rotatable bonds is 8. The van der Waals surface area contributed by atoms with Gasteiger partial charge in [-0.15, -0.1) is 0 Å². The maximum Gasteiger partial charge on any atom is 0.0449 e. The maximum absolute atomic E-state index is 6.38. The minimum Gasteiger partial charge on any atom is -0.347 e. The Kier molecular flexibility index (Phi) is 12.7. The first-order valence-corrected chi connectivity index (χ1v) is 27.1. The summed E-state index contributed by atoms with van der Waals surface area (Å²) in [6, 6.07) is 63.7. The normalized spacial score (nSPS) is 21.2. The van der Waals surface area contributed by atoms with E-state index in [1.807, 2.05) is 6.07 Å². The molecule has 0 saturated heterocycles. The number of likely N-dealkylation sites (N-methyl/N-ethyl adjacent to an activating group) is 2. The molecule has 374 valence electrons. The first-order valence-electron chi connectivity index (χ1n) is 26.7. The average Bonchev–Trinajstić information content (AvgIpc) is 3.95. The molecule has 0 N–H and O–H groups in total. The van der Waals surface area contributed by atoms with Crippen molar-refractivity contribution in [3.05, 3.63) is 284 Å². The Balaban J connectivity index is 0.000000161. The van der Waals surface area contributed by atoms with Crippen LogP contribution in [-0.2, 0) is 34.5 Å². The molecule has 8 aromatic carbocycles. The summed E-state index contributed by atoms with van der Waals surface area (Å²) in [6.45, 7) is 18.7. The van der Waals surface area contributed by atoms with Crippen molar-refractivity contribution in [2.24, 2.45) is 0 Å². The Morgan fingerprint density at radius 3 is 1.33 bits per heavy atom. The highest BCUT2D eigenvalue weighted by molar-refractivity contribution is 6.30. The van der Waals surface area contributed by atoms with Crippen LogP contribution in [0.1, 0.15) is 99.9 Å². The number of fused-ring (bicyclic) bond motifs is 8. The van der Waals surface area contributed by atoms with E-state index in [0.717, 1.165) is 17.9 Å². The van der Waals surface area contributed by atoms with Gasteiger partial charge in [-0.25, -0.2) is 0 Å². The quantitative estimate of drug-likeness (QED) is 0.150. The van der Waals surface area contributed by atoms with Crippen LogP contribution >= 0.6 is 11.6 Å². The van der Waals surface area contributed by atoms with Gasteiger partial charge >= 0.3 is 0 Å². The highest BCUT2D eigenvalue weighted by atomic mass is 35.5. The van der Waals surface area contributed by atoms with Gasteiger partial charge in [0.2, 0.25) is 0 Å². The van der Waals surface area contributed by atoms with Crippen LogP contribution in [0.2, 0.25) is 5.02 Å². The monoisotopic (exact) mass is 997 g/mol. The Hall–Kier alpha value is -7.39. The van der Waals surface area contributed by atoms with E-state index in [0.29, 0.717) is 0 Å². The molecule has 0 radical (unpaired) electrons. The highest BCUT2D eigenvalue weighted by Crippen LogP contribution is 2.54. The first kappa shape index (κ1) is 49.8. The van der Waals surface area contributed by atoms with Crippen molar-refractivity contribution in [3.8, 4) is 0 Å². The maximum atomic E-state index is 6.38. The third kappa shape index (κ3) is 8.34. The molecule has 2 aliphatic heterocycles. The van der Waals surface area contributed by atoms with Gasteiger partial charge < -0.3 is 9.80 Å². The van der Waals surface area contributed by atoms with Crippen molar-refractivity contribution < 1.29 is 0 Å². The highest BCUT2D eigenvalue weighted by Gasteiger charge is 2.43. The van der Waals surface area contributed by atoms with E-state index < -0.39 is 0 Å². The molecule has 2 nitrogen and oxygen atoms in total. The number of hydrogen-bond donors (Lipinski definition) is 0. The van der Waals surface area contributed by atoms with Crippen LogP contribution in [-0.4, -0.2) is 14.1 Å². The van der Waals surface area contributed by atoms with Gasteiger partial charge in [-0.1, -0.05) is 229 Å². The molecular weight excluding hydrogens is 928 g/mol. The lowest BCUT2D eigenvalue weighted by Gasteiger charge is -2.30. The van der Waals surface area contributed by atoms with Gasteiger partial charge in [0.15, 0.2) is 0 Å². The van der Waals surface area contributed by atoms with Crippen LogP contribution in [0.5, 0.6) is 0 Å². The molecule has 75 heavy (non-hydrogen) atoms. The number of anilines is 2. The van der Waals surface area contributed by atoms with Crippen LogP contribution < -0.4 is 9.80 Å². The first-order chi connectivity index (χ1) is 36.0. The number of para-hydroxylation sites is 1. The van der Waals surface area contributed by atoms with E-state index in [9.17, 15) is 0 Å². The summed E-state index contributed by atoms with van der Waals surface area (Å²) in [4.78, 5) is 4.65. The number of hydrogen-bond acceptors (Lipinski definition) is 2. The number of allylic oxidation sites excluding steroid dienone is 12. The standard InChI is InChI=1S/C36H34ClN.C36H35N/c1-24-28-20-18-26-14-9-10-15-29(26)34(28)36(4,23-25-12-7-6-8-13-25)30(24)16-11-17-33-35(2,3)31-22-27(37)19-21-32(31)38(33)5;1-25-28-23-22-27-16-9-10-17-29(27)34(28)36(4,24-26-14-7-6-8-15-26)30(25)19-13-21-33-35(2,3)31-18-11-12-20-32(31)37(33)5/h6-22H,23H2,1-5H3;6-23H,24H2,1-5H3/b16-11+,33-17+;19-13+,33-21+. The van der Waals surface area contributed by atoms with E-state index in [-0.39, 0.29) is 21.7 Å². The lowest BCUT2D eigenvalue weighted by atomic mass is 9.72. The van der Waals surface area contributed by atoms with Gasteiger partial charge in [0.1, 0.15) is 0 Å².